The number of hydrogen-bond acceptors (Lipinski definition) is 4. The fraction of sp³-hybridized carbons (Fsp3) is 0.364. The SMILES string of the molecule is Cc1ccccc1-n1c(=O)nc(CCCS(=O)(=O)NC2CC2)c2ccc(C(F)(F)F)cc21. The van der Waals surface area contributed by atoms with E-state index in [4.69, 9.17) is 0 Å². The molecule has 1 aliphatic rings. The van der Waals surface area contributed by atoms with Crippen LogP contribution in [0, 0.1) is 6.92 Å². The first-order chi connectivity index (χ1) is 15.0. The van der Waals surface area contributed by atoms with Crippen molar-refractivity contribution in [2.75, 3.05) is 5.75 Å². The van der Waals surface area contributed by atoms with E-state index in [0.29, 0.717) is 16.6 Å². The molecule has 0 unspecified atom stereocenters. The summed E-state index contributed by atoms with van der Waals surface area (Å²) < 4.78 is 68.2. The number of hydrogen-bond donors (Lipinski definition) is 1. The van der Waals surface area contributed by atoms with E-state index in [1.807, 2.05) is 0 Å². The molecule has 1 heterocycles. The number of para-hydroxylation sites is 1. The lowest BCUT2D eigenvalue weighted by Gasteiger charge is -2.16. The number of aryl methyl sites for hydroxylation is 2. The number of halogens is 3. The van der Waals surface area contributed by atoms with E-state index in [2.05, 4.69) is 9.71 Å². The molecule has 0 spiro atoms. The number of rotatable bonds is 7. The number of aromatic nitrogens is 2. The van der Waals surface area contributed by atoms with E-state index in [1.165, 1.54) is 10.6 Å². The van der Waals surface area contributed by atoms with Gasteiger partial charge < -0.3 is 0 Å². The van der Waals surface area contributed by atoms with Crippen molar-refractivity contribution in [1.82, 2.24) is 14.3 Å². The van der Waals surface area contributed by atoms with E-state index in [-0.39, 0.29) is 35.8 Å². The third-order valence-electron chi connectivity index (χ3n) is 5.41. The van der Waals surface area contributed by atoms with Gasteiger partial charge in [0.2, 0.25) is 10.0 Å². The number of benzene rings is 2. The molecule has 0 bridgehead atoms. The monoisotopic (exact) mass is 465 g/mol. The van der Waals surface area contributed by atoms with Gasteiger partial charge in [-0.25, -0.2) is 17.9 Å². The van der Waals surface area contributed by atoms with Crippen molar-refractivity contribution in [2.24, 2.45) is 0 Å². The maximum atomic E-state index is 13.4. The molecular formula is C22H22F3N3O3S. The molecule has 2 aromatic carbocycles. The Bertz CT molecular complexity index is 1330. The molecule has 4 rings (SSSR count). The molecule has 0 aliphatic heterocycles. The van der Waals surface area contributed by atoms with Gasteiger partial charge in [-0.15, -0.1) is 0 Å². The minimum atomic E-state index is -4.58. The summed E-state index contributed by atoms with van der Waals surface area (Å²) in [6.45, 7) is 1.76. The zero-order chi connectivity index (χ0) is 23.1. The number of fused-ring (bicyclic) bond motifs is 1. The van der Waals surface area contributed by atoms with Gasteiger partial charge >= 0.3 is 11.9 Å². The second-order valence-corrected chi connectivity index (χ2v) is 9.88. The number of nitrogens with zero attached hydrogens (tertiary/aromatic N) is 2. The lowest BCUT2D eigenvalue weighted by Crippen LogP contribution is -2.29. The number of sulfonamides is 1. The van der Waals surface area contributed by atoms with E-state index >= 15 is 0 Å². The third kappa shape index (κ3) is 4.86. The van der Waals surface area contributed by atoms with Crippen molar-refractivity contribution < 1.29 is 21.6 Å². The van der Waals surface area contributed by atoms with Gasteiger partial charge in [-0.05, 0) is 56.4 Å². The van der Waals surface area contributed by atoms with Crippen LogP contribution in [0.4, 0.5) is 13.2 Å². The van der Waals surface area contributed by atoms with Crippen LogP contribution >= 0.6 is 0 Å². The Hall–Kier alpha value is -2.72. The molecule has 0 saturated heterocycles. The molecule has 1 saturated carbocycles. The normalized spacial score (nSPS) is 14.8. The Kier molecular flexibility index (Phi) is 5.85. The highest BCUT2D eigenvalue weighted by molar-refractivity contribution is 7.89. The van der Waals surface area contributed by atoms with Crippen LogP contribution in [0.1, 0.15) is 36.1 Å². The standard InChI is InChI=1S/C22H22F3N3O3S/c1-14-5-2-3-7-19(14)28-20-13-15(22(23,24)25)8-11-17(20)18(26-21(28)29)6-4-12-32(30,31)27-16-9-10-16/h2-3,5,7-8,11,13,16,27H,4,6,9-10,12H2,1H3. The Labute approximate surface area is 183 Å². The van der Waals surface area contributed by atoms with Gasteiger partial charge in [-0.1, -0.05) is 24.3 Å². The lowest BCUT2D eigenvalue weighted by molar-refractivity contribution is -0.137. The molecule has 32 heavy (non-hydrogen) atoms. The van der Waals surface area contributed by atoms with Gasteiger partial charge in [0.15, 0.2) is 0 Å². The average Bonchev–Trinajstić information content (AvgIpc) is 3.51. The predicted octanol–water partition coefficient (Wildman–Crippen LogP) is 3.73. The second-order valence-electron chi connectivity index (χ2n) is 8.01. The van der Waals surface area contributed by atoms with Crippen molar-refractivity contribution in [2.45, 2.75) is 44.8 Å². The molecule has 0 amide bonds. The first-order valence-electron chi connectivity index (χ1n) is 10.2. The highest BCUT2D eigenvalue weighted by atomic mass is 32.2. The summed E-state index contributed by atoms with van der Waals surface area (Å²) in [6, 6.07) is 10.1. The molecule has 170 valence electrons. The predicted molar refractivity (Wildman–Crippen MR) is 115 cm³/mol. The van der Waals surface area contributed by atoms with Gasteiger partial charge in [-0.3, -0.25) is 4.57 Å². The lowest BCUT2D eigenvalue weighted by atomic mass is 10.1. The minimum absolute atomic E-state index is 0.00205. The van der Waals surface area contributed by atoms with Crippen LogP contribution in [0.2, 0.25) is 0 Å². The molecule has 0 atom stereocenters. The maximum Gasteiger partial charge on any atom is 0.416 e. The topological polar surface area (TPSA) is 81.1 Å². The van der Waals surface area contributed by atoms with Crippen LogP contribution < -0.4 is 10.4 Å². The van der Waals surface area contributed by atoms with Crippen LogP contribution in [0.15, 0.2) is 47.3 Å². The largest absolute Gasteiger partial charge is 0.416 e. The summed E-state index contributed by atoms with van der Waals surface area (Å²) >= 11 is 0. The van der Waals surface area contributed by atoms with Gasteiger partial charge in [-0.2, -0.15) is 18.2 Å². The first-order valence-corrected chi connectivity index (χ1v) is 11.9. The molecular weight excluding hydrogens is 443 g/mol. The zero-order valence-corrected chi connectivity index (χ0v) is 18.1. The molecule has 1 aromatic heterocycles. The van der Waals surface area contributed by atoms with Crippen molar-refractivity contribution in [1.29, 1.82) is 0 Å². The summed E-state index contributed by atoms with van der Waals surface area (Å²) in [5, 5.41) is 0.383. The van der Waals surface area contributed by atoms with Gasteiger partial charge in [0.25, 0.3) is 0 Å². The van der Waals surface area contributed by atoms with Crippen LogP contribution in [0.3, 0.4) is 0 Å². The molecule has 3 aromatic rings. The highest BCUT2D eigenvalue weighted by Crippen LogP contribution is 2.32. The Morgan fingerprint density at radius 3 is 2.53 bits per heavy atom. The van der Waals surface area contributed by atoms with Gasteiger partial charge in [0, 0.05) is 11.4 Å². The fourth-order valence-corrected chi connectivity index (χ4v) is 5.03. The van der Waals surface area contributed by atoms with Crippen LogP contribution in [-0.2, 0) is 22.6 Å². The van der Waals surface area contributed by atoms with E-state index in [0.717, 1.165) is 25.0 Å². The fourth-order valence-electron chi connectivity index (χ4n) is 3.65. The summed E-state index contributed by atoms with van der Waals surface area (Å²) in [6.07, 6.45) is -2.59. The van der Waals surface area contributed by atoms with E-state index in [1.54, 1.807) is 31.2 Å². The average molecular weight is 465 g/mol. The van der Waals surface area contributed by atoms with Crippen molar-refractivity contribution in [3.63, 3.8) is 0 Å². The van der Waals surface area contributed by atoms with E-state index in [9.17, 15) is 26.4 Å². The smallest absolute Gasteiger partial charge is 0.260 e. The second kappa shape index (κ2) is 8.32. The Morgan fingerprint density at radius 1 is 1.16 bits per heavy atom. The van der Waals surface area contributed by atoms with Crippen molar-refractivity contribution in [3.05, 3.63) is 69.8 Å². The Balaban J connectivity index is 1.77. The summed E-state index contributed by atoms with van der Waals surface area (Å²) in [7, 11) is -3.44. The summed E-state index contributed by atoms with van der Waals surface area (Å²) in [5.74, 6) is -0.145. The molecule has 0 radical (unpaired) electrons. The van der Waals surface area contributed by atoms with Crippen LogP contribution in [0.5, 0.6) is 0 Å². The van der Waals surface area contributed by atoms with Crippen LogP contribution in [0.25, 0.3) is 16.6 Å². The first kappa shape index (κ1) is 22.5. The quantitative estimate of drug-likeness (QED) is 0.577. The summed E-state index contributed by atoms with van der Waals surface area (Å²) in [4.78, 5) is 17.0. The third-order valence-corrected chi connectivity index (χ3v) is 6.92. The van der Waals surface area contributed by atoms with E-state index < -0.39 is 27.5 Å². The van der Waals surface area contributed by atoms with Crippen molar-refractivity contribution in [3.8, 4) is 5.69 Å². The van der Waals surface area contributed by atoms with Gasteiger partial charge in [0.05, 0.1) is 28.2 Å². The Morgan fingerprint density at radius 2 is 1.88 bits per heavy atom. The molecule has 10 heteroatoms. The number of alkyl halides is 3. The number of nitrogens with one attached hydrogen (secondary N) is 1. The summed E-state index contributed by atoms with van der Waals surface area (Å²) in [5.41, 5.74) is -0.0642. The van der Waals surface area contributed by atoms with Gasteiger partial charge in [0.1, 0.15) is 0 Å². The zero-order valence-electron chi connectivity index (χ0n) is 17.3. The van der Waals surface area contributed by atoms with Crippen molar-refractivity contribution >= 4 is 20.9 Å². The molecule has 1 N–H and O–H groups in total. The van der Waals surface area contributed by atoms with Crippen LogP contribution in [-0.4, -0.2) is 29.8 Å². The highest BCUT2D eigenvalue weighted by Gasteiger charge is 2.31. The molecule has 1 aliphatic carbocycles. The minimum Gasteiger partial charge on any atom is -0.260 e. The maximum absolute atomic E-state index is 13.4. The molecule has 1 fully saturated rings. The molecule has 6 nitrogen and oxygen atoms in total.